The van der Waals surface area contributed by atoms with E-state index in [1.54, 1.807) is 18.4 Å². The van der Waals surface area contributed by atoms with Crippen LogP contribution in [-0.4, -0.2) is 37.0 Å². The number of carbonyl (C=O) groups excluding carboxylic acids is 2. The molecule has 1 aromatic carbocycles. The molecular weight excluding hydrogens is 346 g/mol. The van der Waals surface area contributed by atoms with Gasteiger partial charge >= 0.3 is 5.97 Å². The highest BCUT2D eigenvalue weighted by Crippen LogP contribution is 2.22. The van der Waals surface area contributed by atoms with Gasteiger partial charge in [0, 0.05) is 36.3 Å². The van der Waals surface area contributed by atoms with Crippen LogP contribution < -0.4 is 10.6 Å². The molecule has 0 bridgehead atoms. The number of ether oxygens (including phenoxy) is 1. The number of amides is 1. The molecule has 1 amide bonds. The maximum absolute atomic E-state index is 12.1. The van der Waals surface area contributed by atoms with Gasteiger partial charge in [-0.05, 0) is 23.9 Å². The molecule has 8 nitrogen and oxygen atoms in total. The van der Waals surface area contributed by atoms with Crippen molar-refractivity contribution in [2.75, 3.05) is 25.5 Å². The maximum atomic E-state index is 12.1. The van der Waals surface area contributed by atoms with Crippen molar-refractivity contribution < 1.29 is 19.2 Å². The summed E-state index contributed by atoms with van der Waals surface area (Å²) in [6, 6.07) is 7.71. The molecule has 132 valence electrons. The molecule has 0 atom stereocenters. The Hall–Kier alpha value is -2.94. The fourth-order valence-corrected chi connectivity index (χ4v) is 2.78. The molecule has 0 radical (unpaired) electrons. The Balaban J connectivity index is 1.87. The molecule has 2 rings (SSSR count). The van der Waals surface area contributed by atoms with Crippen LogP contribution in [0, 0.1) is 10.1 Å². The van der Waals surface area contributed by atoms with Crippen LogP contribution in [0.5, 0.6) is 0 Å². The molecular formula is C16H17N3O5S. The molecule has 0 aliphatic carbocycles. The highest BCUT2D eigenvalue weighted by atomic mass is 32.1. The number of benzene rings is 1. The van der Waals surface area contributed by atoms with Crippen molar-refractivity contribution in [2.45, 2.75) is 6.42 Å². The van der Waals surface area contributed by atoms with E-state index in [1.165, 1.54) is 12.1 Å². The Morgan fingerprint density at radius 1 is 1.32 bits per heavy atom. The lowest BCUT2D eigenvalue weighted by atomic mass is 10.1. The minimum Gasteiger partial charge on any atom is -0.452 e. The zero-order valence-electron chi connectivity index (χ0n) is 13.5. The van der Waals surface area contributed by atoms with Crippen LogP contribution in [0.2, 0.25) is 0 Å². The van der Waals surface area contributed by atoms with Gasteiger partial charge in [0.1, 0.15) is 0 Å². The number of esters is 1. The highest BCUT2D eigenvalue weighted by Gasteiger charge is 2.18. The Bertz CT molecular complexity index is 761. The number of anilines is 1. The van der Waals surface area contributed by atoms with Crippen molar-refractivity contribution in [1.29, 1.82) is 0 Å². The second kappa shape index (κ2) is 8.78. The summed E-state index contributed by atoms with van der Waals surface area (Å²) in [5, 5.41) is 18.2. The molecule has 2 N–H and O–H groups in total. The van der Waals surface area contributed by atoms with Crippen LogP contribution in [0.1, 0.15) is 15.2 Å². The zero-order chi connectivity index (χ0) is 18.2. The number of hydrogen-bond donors (Lipinski definition) is 2. The first kappa shape index (κ1) is 18.4. The van der Waals surface area contributed by atoms with Gasteiger partial charge in [-0.3, -0.25) is 14.9 Å². The van der Waals surface area contributed by atoms with Gasteiger partial charge in [-0.25, -0.2) is 4.79 Å². The first-order chi connectivity index (χ1) is 12.0. The number of rotatable bonds is 8. The molecule has 1 aromatic heterocycles. The smallest absolute Gasteiger partial charge is 0.341 e. The van der Waals surface area contributed by atoms with Crippen molar-refractivity contribution in [1.82, 2.24) is 5.32 Å². The topological polar surface area (TPSA) is 111 Å². The predicted octanol–water partition coefficient (Wildman–Crippen LogP) is 2.21. The third-order valence-corrected chi connectivity index (χ3v) is 4.25. The van der Waals surface area contributed by atoms with Crippen molar-refractivity contribution >= 4 is 34.6 Å². The summed E-state index contributed by atoms with van der Waals surface area (Å²) >= 11 is 1.60. The minimum absolute atomic E-state index is 0.00286. The molecule has 0 fully saturated rings. The van der Waals surface area contributed by atoms with E-state index >= 15 is 0 Å². The van der Waals surface area contributed by atoms with E-state index in [1.807, 2.05) is 17.5 Å². The van der Waals surface area contributed by atoms with Crippen LogP contribution in [0.4, 0.5) is 11.4 Å². The van der Waals surface area contributed by atoms with Crippen LogP contribution >= 0.6 is 11.3 Å². The molecule has 0 spiro atoms. The quantitative estimate of drug-likeness (QED) is 0.423. The number of nitro groups is 1. The van der Waals surface area contributed by atoms with Gasteiger partial charge in [0.15, 0.2) is 6.61 Å². The van der Waals surface area contributed by atoms with Crippen LogP contribution in [-0.2, 0) is 16.0 Å². The standard InChI is InChI=1S/C16H17N3O5S/c1-17-14-5-4-11(19(22)23)9-13(14)16(21)24-10-15(20)18-7-6-12-3-2-8-25-12/h2-5,8-9,17H,6-7,10H2,1H3,(H,18,20). The van der Waals surface area contributed by atoms with Gasteiger partial charge in [-0.1, -0.05) is 6.07 Å². The predicted molar refractivity (Wildman–Crippen MR) is 94.0 cm³/mol. The Morgan fingerprint density at radius 2 is 2.12 bits per heavy atom. The summed E-state index contributed by atoms with van der Waals surface area (Å²) in [5.41, 5.74) is 0.156. The molecule has 0 saturated heterocycles. The first-order valence-corrected chi connectivity index (χ1v) is 8.31. The molecule has 25 heavy (non-hydrogen) atoms. The van der Waals surface area contributed by atoms with Gasteiger partial charge < -0.3 is 15.4 Å². The second-order valence-corrected chi connectivity index (χ2v) is 6.02. The van der Waals surface area contributed by atoms with E-state index in [0.29, 0.717) is 18.7 Å². The molecule has 0 saturated carbocycles. The molecule has 2 aromatic rings. The van der Waals surface area contributed by atoms with Gasteiger partial charge in [0.05, 0.1) is 10.5 Å². The lowest BCUT2D eigenvalue weighted by Crippen LogP contribution is -2.30. The minimum atomic E-state index is -0.804. The van der Waals surface area contributed by atoms with Crippen LogP contribution in [0.25, 0.3) is 0 Å². The van der Waals surface area contributed by atoms with Crippen LogP contribution in [0.15, 0.2) is 35.7 Å². The fraction of sp³-hybridized carbons (Fsp3) is 0.250. The lowest BCUT2D eigenvalue weighted by molar-refractivity contribution is -0.384. The number of nitro benzene ring substituents is 1. The van der Waals surface area contributed by atoms with Gasteiger partial charge in [0.25, 0.3) is 11.6 Å². The first-order valence-electron chi connectivity index (χ1n) is 7.43. The van der Waals surface area contributed by atoms with Crippen molar-refractivity contribution in [3.8, 4) is 0 Å². The lowest BCUT2D eigenvalue weighted by Gasteiger charge is -2.09. The number of nitrogens with zero attached hydrogens (tertiary/aromatic N) is 1. The number of nitrogens with one attached hydrogen (secondary N) is 2. The largest absolute Gasteiger partial charge is 0.452 e. The Kier molecular flexibility index (Phi) is 6.47. The summed E-state index contributed by atoms with van der Waals surface area (Å²) in [6.45, 7) is -0.00933. The number of hydrogen-bond acceptors (Lipinski definition) is 7. The van der Waals surface area contributed by atoms with Gasteiger partial charge in [-0.15, -0.1) is 11.3 Å². The van der Waals surface area contributed by atoms with E-state index in [0.717, 1.165) is 10.9 Å². The SMILES string of the molecule is CNc1ccc([N+](=O)[O-])cc1C(=O)OCC(=O)NCCc1cccs1. The second-order valence-electron chi connectivity index (χ2n) is 4.99. The molecule has 0 aliphatic heterocycles. The number of thiophene rings is 1. The summed E-state index contributed by atoms with van der Waals surface area (Å²) in [4.78, 5) is 35.2. The van der Waals surface area contributed by atoms with Crippen molar-refractivity contribution in [3.05, 3.63) is 56.3 Å². The third kappa shape index (κ3) is 5.28. The third-order valence-electron chi connectivity index (χ3n) is 3.31. The van der Waals surface area contributed by atoms with E-state index in [-0.39, 0.29) is 11.3 Å². The molecule has 0 unspecified atom stereocenters. The van der Waals surface area contributed by atoms with E-state index in [2.05, 4.69) is 10.6 Å². The van der Waals surface area contributed by atoms with Gasteiger partial charge in [-0.2, -0.15) is 0 Å². The van der Waals surface area contributed by atoms with Crippen molar-refractivity contribution in [3.63, 3.8) is 0 Å². The van der Waals surface area contributed by atoms with Crippen LogP contribution in [0.3, 0.4) is 0 Å². The Morgan fingerprint density at radius 3 is 2.76 bits per heavy atom. The van der Waals surface area contributed by atoms with E-state index in [9.17, 15) is 19.7 Å². The molecule has 0 aliphatic rings. The Labute approximate surface area is 148 Å². The summed E-state index contributed by atoms with van der Waals surface area (Å²) in [7, 11) is 1.58. The molecule has 9 heteroatoms. The summed E-state index contributed by atoms with van der Waals surface area (Å²) in [6.07, 6.45) is 0.701. The monoisotopic (exact) mass is 363 g/mol. The number of non-ortho nitro benzene ring substituents is 1. The maximum Gasteiger partial charge on any atom is 0.341 e. The normalized spacial score (nSPS) is 10.1. The fourth-order valence-electron chi connectivity index (χ4n) is 2.07. The summed E-state index contributed by atoms with van der Waals surface area (Å²) < 4.78 is 4.94. The zero-order valence-corrected chi connectivity index (χ0v) is 14.3. The van der Waals surface area contributed by atoms with E-state index < -0.39 is 23.4 Å². The average Bonchev–Trinajstić information content (AvgIpc) is 3.12. The molecule has 1 heterocycles. The average molecular weight is 363 g/mol. The van der Waals surface area contributed by atoms with Crippen molar-refractivity contribution in [2.24, 2.45) is 0 Å². The van der Waals surface area contributed by atoms with E-state index in [4.69, 9.17) is 4.74 Å². The summed E-state index contributed by atoms with van der Waals surface area (Å²) in [5.74, 6) is -1.23. The number of carbonyl (C=O) groups is 2. The highest BCUT2D eigenvalue weighted by molar-refractivity contribution is 7.09. The van der Waals surface area contributed by atoms with Gasteiger partial charge in [0.2, 0.25) is 0 Å².